The zero-order valence-electron chi connectivity index (χ0n) is 48.8. The van der Waals surface area contributed by atoms with Gasteiger partial charge in [0.25, 0.3) is 0 Å². The lowest BCUT2D eigenvalue weighted by Crippen LogP contribution is -2.45. The number of hydrogen-bond acceptors (Lipinski definition) is 6. The molecule has 3 atom stereocenters. The Morgan fingerprint density at radius 2 is 1.34 bits per heavy atom. The molecule has 0 radical (unpaired) electrons. The Hall–Kier alpha value is -2.49. The highest BCUT2D eigenvalue weighted by Crippen LogP contribution is 2.43. The van der Waals surface area contributed by atoms with Gasteiger partial charge in [-0.3, -0.25) is 0 Å². The monoisotopic (exact) mass is 1090 g/mol. The first-order chi connectivity index (χ1) is 35.7. The predicted molar refractivity (Wildman–Crippen MR) is 324 cm³/mol. The molecule has 0 spiro atoms. The molecule has 418 valence electrons. The van der Waals surface area contributed by atoms with E-state index in [9.17, 15) is 0 Å². The average molecular weight is 1090 g/mol. The molecule has 3 unspecified atom stereocenters. The van der Waals surface area contributed by atoms with Crippen LogP contribution in [-0.2, 0) is 15.3 Å². The third-order valence-electron chi connectivity index (χ3n) is 16.3. The van der Waals surface area contributed by atoms with Crippen LogP contribution in [0.3, 0.4) is 0 Å². The summed E-state index contributed by atoms with van der Waals surface area (Å²) >= 11 is 0. The van der Waals surface area contributed by atoms with E-state index in [0.717, 1.165) is 109 Å². The molecule has 0 saturated heterocycles. The van der Waals surface area contributed by atoms with Gasteiger partial charge in [0, 0.05) is 36.0 Å². The van der Waals surface area contributed by atoms with Gasteiger partial charge in [0.05, 0.1) is 32.3 Å². The summed E-state index contributed by atoms with van der Waals surface area (Å²) in [6.07, 6.45) is 34.8. The highest BCUT2D eigenvalue weighted by molar-refractivity contribution is 6.84. The van der Waals surface area contributed by atoms with Crippen molar-refractivity contribution >= 4 is 41.2 Å². The van der Waals surface area contributed by atoms with E-state index in [-0.39, 0.29) is 24.8 Å². The highest BCUT2D eigenvalue weighted by atomic mass is 28.4. The van der Waals surface area contributed by atoms with Crippen molar-refractivity contribution in [1.29, 1.82) is 0 Å². The van der Waals surface area contributed by atoms with Gasteiger partial charge in [-0.2, -0.15) is 4.39 Å². The first-order valence-corrected chi connectivity index (χ1v) is 40.5. The van der Waals surface area contributed by atoms with Gasteiger partial charge in [0.2, 0.25) is 5.82 Å². The number of hydrogen-bond donors (Lipinski definition) is 0. The van der Waals surface area contributed by atoms with Gasteiger partial charge in [-0.25, -0.2) is 14.4 Å². The maximum Gasteiger partial charge on any atom is 0.201 e. The number of ether oxygens (including phenoxy) is 3. The summed E-state index contributed by atoms with van der Waals surface area (Å²) in [6, 6.07) is 16.0. The van der Waals surface area contributed by atoms with E-state index < -0.39 is 28.3 Å². The molecular weight excluding hydrogens is 987 g/mol. The van der Waals surface area contributed by atoms with Crippen LogP contribution in [0.5, 0.6) is 11.5 Å². The molecule has 2 aromatic carbocycles. The summed E-state index contributed by atoms with van der Waals surface area (Å²) in [5.41, 5.74) is 3.66. The van der Waals surface area contributed by atoms with Crippen LogP contribution >= 0.6 is 0 Å². The number of benzene rings is 2. The summed E-state index contributed by atoms with van der Waals surface area (Å²) in [4.78, 5) is 9.20. The van der Waals surface area contributed by atoms with E-state index in [0.29, 0.717) is 18.1 Å². The molecule has 5 rings (SSSR count). The van der Waals surface area contributed by atoms with Crippen LogP contribution in [0.1, 0.15) is 181 Å². The number of unbranched alkanes of at least 4 members (excludes halogenated alkanes) is 7. The van der Waals surface area contributed by atoms with Gasteiger partial charge in [-0.15, -0.1) is 0 Å². The van der Waals surface area contributed by atoms with Crippen molar-refractivity contribution in [2.24, 2.45) is 29.6 Å². The standard InChI is InChI=1S/C33H56F2O2Si2.C29H50N2O2Si2/c1-8-10-26-11-13-27(14-12-26)28-15-17-29(18-16-28)30-19-20-31(33(35)32(30)34)36-22-24-39(6,7)37-38(4,5)23-21-25(3)9-2;1-4-6-7-8-9-10-11-12-13-26-20-30-29(31-21-26)27-14-16-28(17-15-27)33-18-19-34-23-32-24-35-22-25(3)5-2/h17,19-20,25-28H,8-16,18,21-24H2,1-7H3;14-17,20-21,25H,4-13,18-19,22-24,34-35H2,1-3H3. The Morgan fingerprint density at radius 3 is 1.99 bits per heavy atom. The van der Waals surface area contributed by atoms with Crippen LogP contribution in [0.15, 0.2) is 54.9 Å². The van der Waals surface area contributed by atoms with Gasteiger partial charge in [-0.1, -0.05) is 144 Å². The number of rotatable bonds is 35. The molecule has 74 heavy (non-hydrogen) atoms. The minimum atomic E-state index is -1.96. The van der Waals surface area contributed by atoms with Crippen molar-refractivity contribution in [3.05, 3.63) is 77.6 Å². The van der Waals surface area contributed by atoms with Crippen LogP contribution in [0.4, 0.5) is 8.78 Å². The second-order valence-electron chi connectivity index (χ2n) is 23.8. The Bertz CT molecular complexity index is 1980. The Morgan fingerprint density at radius 1 is 0.676 bits per heavy atom. The first-order valence-electron chi connectivity index (χ1n) is 30.3. The molecule has 1 saturated carbocycles. The van der Waals surface area contributed by atoms with Crippen LogP contribution in [0, 0.1) is 41.2 Å². The molecule has 0 bridgehead atoms. The molecule has 0 aliphatic heterocycles. The minimum absolute atomic E-state index is 0.00821. The lowest BCUT2D eigenvalue weighted by Gasteiger charge is -2.35. The Balaban J connectivity index is 0.000000323. The summed E-state index contributed by atoms with van der Waals surface area (Å²) < 4.78 is 54.5. The number of aryl methyl sites for hydroxylation is 1. The van der Waals surface area contributed by atoms with E-state index in [2.05, 4.69) is 95.9 Å². The van der Waals surface area contributed by atoms with Crippen LogP contribution < -0.4 is 9.47 Å². The van der Waals surface area contributed by atoms with E-state index in [1.165, 1.54) is 121 Å². The summed E-state index contributed by atoms with van der Waals surface area (Å²) in [5.74, 6) is 4.17. The van der Waals surface area contributed by atoms with E-state index in [1.807, 2.05) is 24.5 Å². The number of nitrogens with zero attached hydrogens (tertiary/aromatic N) is 2. The quantitative estimate of drug-likeness (QED) is 0.0432. The average Bonchev–Trinajstić information content (AvgIpc) is 3.40. The highest BCUT2D eigenvalue weighted by Gasteiger charge is 2.34. The molecule has 2 aliphatic carbocycles. The SMILES string of the molecule is CCCC1CCC(C2CC=C(c3ccc(OCC[Si](C)(C)O[Si](C)(C)CCC(C)CC)c(F)c3F)CC2)CC1.CCCCCCCCCCc1cnc(-c2ccc(OCC[SiH2]COC[SiH2]CC(C)CC)cc2)nc1. The second-order valence-corrected chi connectivity index (χ2v) is 36.2. The predicted octanol–water partition coefficient (Wildman–Crippen LogP) is 17.4. The third kappa shape index (κ3) is 24.9. The van der Waals surface area contributed by atoms with Crippen LogP contribution in [0.25, 0.3) is 17.0 Å². The molecule has 0 amide bonds. The Labute approximate surface area is 458 Å². The molecule has 6 nitrogen and oxygen atoms in total. The molecule has 2 aliphatic rings. The summed E-state index contributed by atoms with van der Waals surface area (Å²) in [5, 5.41) is 0. The molecule has 3 aromatic rings. The van der Waals surface area contributed by atoms with Gasteiger partial charge in [0.15, 0.2) is 34.0 Å². The fourth-order valence-corrected chi connectivity index (χ4v) is 22.6. The van der Waals surface area contributed by atoms with E-state index in [1.54, 1.807) is 12.1 Å². The maximum absolute atomic E-state index is 15.2. The minimum Gasteiger partial charge on any atom is -0.494 e. The smallest absolute Gasteiger partial charge is 0.201 e. The zero-order valence-corrected chi connectivity index (χ0v) is 53.6. The van der Waals surface area contributed by atoms with E-state index >= 15 is 8.78 Å². The lowest BCUT2D eigenvalue weighted by atomic mass is 9.70. The Kier molecular flexibility index (Phi) is 31.0. The lowest BCUT2D eigenvalue weighted by molar-refractivity contribution is 0.189. The molecule has 1 heterocycles. The van der Waals surface area contributed by atoms with Crippen molar-refractivity contribution in [1.82, 2.24) is 9.97 Å². The van der Waals surface area contributed by atoms with Crippen LogP contribution in [0.2, 0.25) is 50.4 Å². The topological polar surface area (TPSA) is 62.7 Å². The van der Waals surface area contributed by atoms with Gasteiger partial charge < -0.3 is 18.3 Å². The number of halogens is 2. The molecule has 1 aromatic heterocycles. The second kappa shape index (κ2) is 35.8. The van der Waals surface area contributed by atoms with Crippen molar-refractivity contribution < 1.29 is 27.1 Å². The first kappa shape index (κ1) is 64.0. The van der Waals surface area contributed by atoms with Crippen LogP contribution in [-0.4, -0.2) is 71.3 Å². The molecule has 12 heteroatoms. The normalized spacial score (nSPS) is 18.4. The fourth-order valence-electron chi connectivity index (χ4n) is 11.0. The van der Waals surface area contributed by atoms with Gasteiger partial charge in [-0.05, 0) is 166 Å². The molecular formula is C62H106F2N2O4Si4. The molecule has 0 N–H and O–H groups in total. The third-order valence-corrected chi connectivity index (χ3v) is 27.0. The number of aromatic nitrogens is 2. The van der Waals surface area contributed by atoms with Crippen molar-refractivity contribution in [3.8, 4) is 22.9 Å². The zero-order chi connectivity index (χ0) is 53.6. The number of allylic oxidation sites excluding steroid dienone is 2. The van der Waals surface area contributed by atoms with Crippen molar-refractivity contribution in [2.45, 2.75) is 227 Å². The largest absolute Gasteiger partial charge is 0.494 e. The van der Waals surface area contributed by atoms with Crippen molar-refractivity contribution in [3.63, 3.8) is 0 Å². The van der Waals surface area contributed by atoms with E-state index in [4.69, 9.17) is 18.3 Å². The maximum atomic E-state index is 15.2. The fraction of sp³-hybridized carbons (Fsp3) is 0.710. The summed E-state index contributed by atoms with van der Waals surface area (Å²) in [7, 11) is -3.89. The van der Waals surface area contributed by atoms with Gasteiger partial charge in [0.1, 0.15) is 5.75 Å². The molecule has 1 fully saturated rings. The summed E-state index contributed by atoms with van der Waals surface area (Å²) in [6.45, 7) is 23.9. The van der Waals surface area contributed by atoms with Crippen molar-refractivity contribution in [2.75, 3.05) is 25.7 Å². The van der Waals surface area contributed by atoms with Gasteiger partial charge >= 0.3 is 0 Å².